The Bertz CT molecular complexity index is 703. The average Bonchev–Trinajstić information content (AvgIpc) is 2.84. The summed E-state index contributed by atoms with van der Waals surface area (Å²) < 4.78 is 0. The molecule has 1 nitrogen and oxygen atoms in total. The maximum atomic E-state index is 9.55. The molecule has 2 aromatic rings. The number of aryl methyl sites for hydroxylation is 1. The van der Waals surface area contributed by atoms with Crippen LogP contribution in [0.25, 0.3) is 11.1 Å². The van der Waals surface area contributed by atoms with Crippen LogP contribution in [0, 0.1) is 0 Å². The fourth-order valence-corrected chi connectivity index (χ4v) is 4.88. The van der Waals surface area contributed by atoms with Gasteiger partial charge in [0.2, 0.25) is 0 Å². The van der Waals surface area contributed by atoms with Crippen LogP contribution in [0.15, 0.2) is 48.5 Å². The Kier molecular flexibility index (Phi) is 15.5. The third kappa shape index (κ3) is 12.9. The van der Waals surface area contributed by atoms with Gasteiger partial charge in [-0.25, -0.2) is 0 Å². The van der Waals surface area contributed by atoms with Crippen molar-refractivity contribution >= 4 is 0 Å². The molecule has 184 valence electrons. The van der Waals surface area contributed by atoms with Crippen molar-refractivity contribution in [2.24, 2.45) is 0 Å². The van der Waals surface area contributed by atoms with Crippen LogP contribution in [-0.4, -0.2) is 5.11 Å². The van der Waals surface area contributed by atoms with Crippen LogP contribution in [-0.2, 0) is 6.42 Å². The largest absolute Gasteiger partial charge is 0.508 e. The zero-order chi connectivity index (χ0) is 23.4. The van der Waals surface area contributed by atoms with E-state index in [1.807, 2.05) is 12.1 Å². The second kappa shape index (κ2) is 18.6. The summed E-state index contributed by atoms with van der Waals surface area (Å²) in [6.45, 7) is 2.30. The van der Waals surface area contributed by atoms with Crippen LogP contribution in [0.2, 0.25) is 0 Å². The van der Waals surface area contributed by atoms with Crippen LogP contribution in [0.1, 0.15) is 128 Å². The molecule has 0 bridgehead atoms. The lowest BCUT2D eigenvalue weighted by molar-refractivity contribution is 0.475. The van der Waals surface area contributed by atoms with Crippen molar-refractivity contribution in [1.29, 1.82) is 0 Å². The van der Waals surface area contributed by atoms with Gasteiger partial charge in [0.1, 0.15) is 5.75 Å². The van der Waals surface area contributed by atoms with E-state index in [9.17, 15) is 5.11 Å². The van der Waals surface area contributed by atoms with Crippen LogP contribution < -0.4 is 0 Å². The first-order valence-corrected chi connectivity index (χ1v) is 14.2. The molecule has 0 aliphatic carbocycles. The highest BCUT2D eigenvalue weighted by molar-refractivity contribution is 5.67. The van der Waals surface area contributed by atoms with Gasteiger partial charge in [-0.05, 0) is 41.7 Å². The van der Waals surface area contributed by atoms with E-state index in [1.54, 1.807) is 12.1 Å². The lowest BCUT2D eigenvalue weighted by Gasteiger charge is -2.10. The number of unbranched alkanes of at least 4 members (excludes halogenated alkanes) is 17. The standard InChI is InChI=1S/C32H50O/c1-2-3-4-5-6-7-8-9-10-11-12-13-14-15-16-17-18-19-22-29-23-20-21-24-32(29)30-25-27-31(33)28-26-30/h20-21,23-28,33H,2-19,22H2,1H3. The van der Waals surface area contributed by atoms with Gasteiger partial charge in [-0.1, -0.05) is 152 Å². The lowest BCUT2D eigenvalue weighted by Crippen LogP contribution is -1.91. The molecule has 0 unspecified atom stereocenters. The highest BCUT2D eigenvalue weighted by Gasteiger charge is 2.04. The minimum Gasteiger partial charge on any atom is -0.508 e. The normalized spacial score (nSPS) is 11.2. The van der Waals surface area contributed by atoms with Crippen molar-refractivity contribution in [2.45, 2.75) is 129 Å². The molecule has 0 atom stereocenters. The molecule has 0 aromatic heterocycles. The Balaban J connectivity index is 1.41. The Morgan fingerprint density at radius 2 is 0.909 bits per heavy atom. The third-order valence-corrected chi connectivity index (χ3v) is 7.00. The second-order valence-corrected chi connectivity index (χ2v) is 9.96. The van der Waals surface area contributed by atoms with Gasteiger partial charge >= 0.3 is 0 Å². The van der Waals surface area contributed by atoms with Crippen molar-refractivity contribution in [3.8, 4) is 16.9 Å². The topological polar surface area (TPSA) is 20.2 Å². The fourth-order valence-electron chi connectivity index (χ4n) is 4.88. The van der Waals surface area contributed by atoms with Gasteiger partial charge in [-0.2, -0.15) is 0 Å². The molecule has 2 rings (SSSR count). The molecule has 0 aliphatic heterocycles. The van der Waals surface area contributed by atoms with Gasteiger partial charge in [0, 0.05) is 0 Å². The van der Waals surface area contributed by atoms with E-state index in [0.29, 0.717) is 5.75 Å². The van der Waals surface area contributed by atoms with Crippen LogP contribution >= 0.6 is 0 Å². The average molecular weight is 451 g/mol. The molecule has 0 saturated heterocycles. The van der Waals surface area contributed by atoms with Gasteiger partial charge in [-0.15, -0.1) is 0 Å². The predicted molar refractivity (Wildman–Crippen MR) is 146 cm³/mol. The van der Waals surface area contributed by atoms with Crippen molar-refractivity contribution in [3.05, 3.63) is 54.1 Å². The van der Waals surface area contributed by atoms with E-state index < -0.39 is 0 Å². The molecule has 0 radical (unpaired) electrons. The summed E-state index contributed by atoms with van der Waals surface area (Å²) >= 11 is 0. The molecule has 0 spiro atoms. The molecule has 1 heteroatoms. The summed E-state index contributed by atoms with van der Waals surface area (Å²) in [6, 6.07) is 16.3. The summed E-state index contributed by atoms with van der Waals surface area (Å²) in [6.07, 6.45) is 26.7. The number of aromatic hydroxyl groups is 1. The summed E-state index contributed by atoms with van der Waals surface area (Å²) in [4.78, 5) is 0. The fraction of sp³-hybridized carbons (Fsp3) is 0.625. The molecule has 0 saturated carbocycles. The lowest BCUT2D eigenvalue weighted by atomic mass is 9.95. The van der Waals surface area contributed by atoms with Crippen molar-refractivity contribution < 1.29 is 5.11 Å². The number of hydrogen-bond acceptors (Lipinski definition) is 1. The highest BCUT2D eigenvalue weighted by atomic mass is 16.3. The zero-order valence-electron chi connectivity index (χ0n) is 21.5. The maximum Gasteiger partial charge on any atom is 0.115 e. The van der Waals surface area contributed by atoms with E-state index in [0.717, 1.165) is 6.42 Å². The van der Waals surface area contributed by atoms with E-state index in [1.165, 1.54) is 132 Å². The summed E-state index contributed by atoms with van der Waals surface area (Å²) in [5, 5.41) is 9.55. The molecule has 0 amide bonds. The number of rotatable bonds is 20. The minimum atomic E-state index is 0.333. The van der Waals surface area contributed by atoms with Crippen LogP contribution in [0.3, 0.4) is 0 Å². The number of benzene rings is 2. The summed E-state index contributed by atoms with van der Waals surface area (Å²) in [5.41, 5.74) is 3.94. The first kappa shape index (κ1) is 27.5. The predicted octanol–water partition coefficient (Wildman–Crippen LogP) is 10.6. The van der Waals surface area contributed by atoms with Crippen LogP contribution in [0.4, 0.5) is 0 Å². The second-order valence-electron chi connectivity index (χ2n) is 9.96. The minimum absolute atomic E-state index is 0.333. The summed E-state index contributed by atoms with van der Waals surface area (Å²) in [5.74, 6) is 0.333. The number of phenolic OH excluding ortho intramolecular Hbond substituents is 1. The third-order valence-electron chi connectivity index (χ3n) is 7.00. The number of phenols is 1. The van der Waals surface area contributed by atoms with Crippen molar-refractivity contribution in [2.75, 3.05) is 0 Å². The number of hydrogen-bond donors (Lipinski definition) is 1. The SMILES string of the molecule is CCCCCCCCCCCCCCCCCCCCc1ccccc1-c1ccc(O)cc1. The molecule has 2 aromatic carbocycles. The van der Waals surface area contributed by atoms with Gasteiger partial charge in [0.25, 0.3) is 0 Å². The zero-order valence-corrected chi connectivity index (χ0v) is 21.5. The van der Waals surface area contributed by atoms with Crippen LogP contribution in [0.5, 0.6) is 5.75 Å². The molecule has 1 N–H and O–H groups in total. The maximum absolute atomic E-state index is 9.55. The Hall–Kier alpha value is -1.76. The Labute approximate surface area is 205 Å². The molecular formula is C32H50O. The van der Waals surface area contributed by atoms with Crippen molar-refractivity contribution in [3.63, 3.8) is 0 Å². The van der Waals surface area contributed by atoms with E-state index in [2.05, 4.69) is 31.2 Å². The van der Waals surface area contributed by atoms with Gasteiger partial charge in [0.15, 0.2) is 0 Å². The first-order chi connectivity index (χ1) is 16.3. The molecular weight excluding hydrogens is 400 g/mol. The first-order valence-electron chi connectivity index (χ1n) is 14.2. The monoisotopic (exact) mass is 450 g/mol. The van der Waals surface area contributed by atoms with E-state index >= 15 is 0 Å². The summed E-state index contributed by atoms with van der Waals surface area (Å²) in [7, 11) is 0. The van der Waals surface area contributed by atoms with Gasteiger partial charge in [0.05, 0.1) is 0 Å². The Morgan fingerprint density at radius 1 is 0.485 bits per heavy atom. The van der Waals surface area contributed by atoms with Gasteiger partial charge in [-0.3, -0.25) is 0 Å². The molecule has 33 heavy (non-hydrogen) atoms. The highest BCUT2D eigenvalue weighted by Crippen LogP contribution is 2.27. The van der Waals surface area contributed by atoms with E-state index in [4.69, 9.17) is 0 Å². The van der Waals surface area contributed by atoms with Gasteiger partial charge < -0.3 is 5.11 Å². The smallest absolute Gasteiger partial charge is 0.115 e. The van der Waals surface area contributed by atoms with Crippen molar-refractivity contribution in [1.82, 2.24) is 0 Å². The Morgan fingerprint density at radius 3 is 1.39 bits per heavy atom. The molecule has 0 aliphatic rings. The quantitative estimate of drug-likeness (QED) is 0.199. The molecule has 0 heterocycles. The van der Waals surface area contributed by atoms with E-state index in [-0.39, 0.29) is 0 Å². The molecule has 0 fully saturated rings.